The summed E-state index contributed by atoms with van der Waals surface area (Å²) in [4.78, 5) is 15.8. The third-order valence-electron chi connectivity index (χ3n) is 2.78. The summed E-state index contributed by atoms with van der Waals surface area (Å²) in [6.45, 7) is 0.699. The number of pyridine rings is 1. The maximum atomic E-state index is 11.9. The summed E-state index contributed by atoms with van der Waals surface area (Å²) in [6, 6.07) is 1.66. The molecule has 0 fully saturated rings. The smallest absolute Gasteiger partial charge is 0.253 e. The molecule has 1 heterocycles. The van der Waals surface area contributed by atoms with Gasteiger partial charge in [-0.05, 0) is 30.9 Å². The fourth-order valence-electron chi connectivity index (χ4n) is 1.73. The molecule has 0 bridgehead atoms. The van der Waals surface area contributed by atoms with Gasteiger partial charge in [-0.3, -0.25) is 15.6 Å². The van der Waals surface area contributed by atoms with Crippen LogP contribution in [0.2, 0.25) is 0 Å². The summed E-state index contributed by atoms with van der Waals surface area (Å²) < 4.78 is 0. The number of aromatic nitrogens is 1. The molecule has 0 aliphatic rings. The van der Waals surface area contributed by atoms with E-state index in [9.17, 15) is 4.79 Å². The van der Waals surface area contributed by atoms with Crippen LogP contribution in [-0.2, 0) is 0 Å². The number of anilines is 1. The second-order valence-corrected chi connectivity index (χ2v) is 5.21. The van der Waals surface area contributed by atoms with E-state index in [1.807, 2.05) is 11.8 Å². The summed E-state index contributed by atoms with van der Waals surface area (Å²) in [5, 5.41) is 2.90. The van der Waals surface area contributed by atoms with E-state index in [0.29, 0.717) is 17.8 Å². The maximum absolute atomic E-state index is 11.9. The molecule has 5 nitrogen and oxygen atoms in total. The number of thioether (sulfide) groups is 1. The molecule has 1 amide bonds. The summed E-state index contributed by atoms with van der Waals surface area (Å²) in [7, 11) is 0. The molecule has 0 aliphatic heterocycles. The Labute approximate surface area is 118 Å². The van der Waals surface area contributed by atoms with E-state index in [0.717, 1.165) is 12.8 Å². The number of carbonyl (C=O) groups excluding carboxylic acids is 1. The predicted octanol–water partition coefficient (Wildman–Crippen LogP) is 2.02. The topological polar surface area (TPSA) is 80.0 Å². The van der Waals surface area contributed by atoms with Gasteiger partial charge < -0.3 is 10.7 Å². The van der Waals surface area contributed by atoms with E-state index in [1.165, 1.54) is 24.8 Å². The Kier molecular flexibility index (Phi) is 8.00. The molecule has 0 spiro atoms. The fraction of sp³-hybridized carbons (Fsp3) is 0.538. The van der Waals surface area contributed by atoms with Gasteiger partial charge in [-0.15, -0.1) is 0 Å². The summed E-state index contributed by atoms with van der Waals surface area (Å²) in [5.74, 6) is 6.44. The number of hydrazine groups is 1. The van der Waals surface area contributed by atoms with Gasteiger partial charge in [-0.2, -0.15) is 11.8 Å². The number of unbranched alkanes of at least 4 members (excludes halogenated alkanes) is 3. The minimum Gasteiger partial charge on any atom is -0.352 e. The summed E-state index contributed by atoms with van der Waals surface area (Å²) >= 11 is 1.88. The van der Waals surface area contributed by atoms with Crippen LogP contribution in [0, 0.1) is 0 Å². The minimum atomic E-state index is -0.112. The molecular weight excluding hydrogens is 260 g/mol. The highest BCUT2D eigenvalue weighted by molar-refractivity contribution is 7.98. The van der Waals surface area contributed by atoms with Crippen LogP contribution in [0.15, 0.2) is 18.5 Å². The SMILES string of the molecule is CSCCCCCCNC(=O)c1ccncc1NN. The number of nitrogens with one attached hydrogen (secondary N) is 2. The van der Waals surface area contributed by atoms with Crippen LogP contribution in [0.3, 0.4) is 0 Å². The monoisotopic (exact) mass is 282 g/mol. The van der Waals surface area contributed by atoms with Crippen LogP contribution in [0.5, 0.6) is 0 Å². The highest BCUT2D eigenvalue weighted by Gasteiger charge is 2.09. The molecule has 19 heavy (non-hydrogen) atoms. The Hall–Kier alpha value is -1.27. The Morgan fingerprint density at radius 1 is 1.37 bits per heavy atom. The van der Waals surface area contributed by atoms with E-state index in [2.05, 4.69) is 22.0 Å². The number of rotatable bonds is 9. The highest BCUT2D eigenvalue weighted by Crippen LogP contribution is 2.11. The zero-order chi connectivity index (χ0) is 13.9. The third kappa shape index (κ3) is 5.94. The van der Waals surface area contributed by atoms with Crippen LogP contribution in [-0.4, -0.2) is 29.4 Å². The molecule has 1 aromatic heterocycles. The highest BCUT2D eigenvalue weighted by atomic mass is 32.2. The first kappa shape index (κ1) is 15.8. The second-order valence-electron chi connectivity index (χ2n) is 4.23. The van der Waals surface area contributed by atoms with Crippen molar-refractivity contribution in [2.24, 2.45) is 5.84 Å². The summed E-state index contributed by atoms with van der Waals surface area (Å²) in [5.41, 5.74) is 3.54. The van der Waals surface area contributed by atoms with Gasteiger partial charge in [0.25, 0.3) is 5.91 Å². The Bertz CT molecular complexity index is 387. The number of nitrogen functional groups attached to an aromatic ring is 1. The van der Waals surface area contributed by atoms with Crippen molar-refractivity contribution in [3.8, 4) is 0 Å². The number of nitrogens with two attached hydrogens (primary N) is 1. The lowest BCUT2D eigenvalue weighted by atomic mass is 10.2. The van der Waals surface area contributed by atoms with Crippen molar-refractivity contribution in [3.63, 3.8) is 0 Å². The van der Waals surface area contributed by atoms with Gasteiger partial charge in [0.1, 0.15) is 0 Å². The quantitative estimate of drug-likeness (QED) is 0.367. The van der Waals surface area contributed by atoms with Crippen LogP contribution >= 0.6 is 11.8 Å². The lowest BCUT2D eigenvalue weighted by Gasteiger charge is -2.08. The van der Waals surface area contributed by atoms with E-state index in [4.69, 9.17) is 5.84 Å². The van der Waals surface area contributed by atoms with Crippen molar-refractivity contribution in [1.82, 2.24) is 10.3 Å². The van der Waals surface area contributed by atoms with Gasteiger partial charge in [0.15, 0.2) is 0 Å². The van der Waals surface area contributed by atoms with E-state index >= 15 is 0 Å². The third-order valence-corrected chi connectivity index (χ3v) is 3.48. The van der Waals surface area contributed by atoms with Crippen LogP contribution in [0.1, 0.15) is 36.0 Å². The molecule has 6 heteroatoms. The largest absolute Gasteiger partial charge is 0.352 e. The molecule has 0 saturated heterocycles. The predicted molar refractivity (Wildman–Crippen MR) is 81.2 cm³/mol. The standard InChI is InChI=1S/C13H22N4OS/c1-19-9-5-3-2-4-7-16-13(18)11-6-8-15-10-12(11)17-14/h6,8,10,17H,2-5,7,9,14H2,1H3,(H,16,18). The lowest BCUT2D eigenvalue weighted by molar-refractivity contribution is 0.0953. The Morgan fingerprint density at radius 3 is 2.89 bits per heavy atom. The Morgan fingerprint density at radius 2 is 2.16 bits per heavy atom. The molecule has 0 unspecified atom stereocenters. The summed E-state index contributed by atoms with van der Waals surface area (Å²) in [6.07, 6.45) is 9.88. The fourth-order valence-corrected chi connectivity index (χ4v) is 2.22. The van der Waals surface area contributed by atoms with Gasteiger partial charge >= 0.3 is 0 Å². The van der Waals surface area contributed by atoms with Crippen LogP contribution in [0.25, 0.3) is 0 Å². The molecule has 0 aliphatic carbocycles. The van der Waals surface area contributed by atoms with Gasteiger partial charge in [0.2, 0.25) is 0 Å². The molecular formula is C13H22N4OS. The number of hydrogen-bond acceptors (Lipinski definition) is 5. The zero-order valence-electron chi connectivity index (χ0n) is 11.3. The van der Waals surface area contributed by atoms with E-state index < -0.39 is 0 Å². The van der Waals surface area contributed by atoms with Crippen molar-refractivity contribution in [3.05, 3.63) is 24.0 Å². The Balaban J connectivity index is 2.24. The first-order valence-electron chi connectivity index (χ1n) is 6.47. The number of hydrogen-bond donors (Lipinski definition) is 3. The molecule has 0 aromatic carbocycles. The molecule has 106 valence electrons. The van der Waals surface area contributed by atoms with Crippen molar-refractivity contribution < 1.29 is 4.79 Å². The van der Waals surface area contributed by atoms with Crippen molar-refractivity contribution >= 4 is 23.4 Å². The normalized spacial score (nSPS) is 10.2. The maximum Gasteiger partial charge on any atom is 0.253 e. The van der Waals surface area contributed by atoms with Crippen LogP contribution in [0.4, 0.5) is 5.69 Å². The molecule has 0 atom stereocenters. The first-order chi connectivity index (χ1) is 9.29. The van der Waals surface area contributed by atoms with Gasteiger partial charge in [-0.25, -0.2) is 0 Å². The van der Waals surface area contributed by atoms with Crippen molar-refractivity contribution in [2.75, 3.05) is 24.0 Å². The molecule has 4 N–H and O–H groups in total. The van der Waals surface area contributed by atoms with Crippen molar-refractivity contribution in [2.45, 2.75) is 25.7 Å². The van der Waals surface area contributed by atoms with E-state index in [-0.39, 0.29) is 5.91 Å². The zero-order valence-corrected chi connectivity index (χ0v) is 12.1. The average molecular weight is 282 g/mol. The van der Waals surface area contributed by atoms with Gasteiger partial charge in [-0.1, -0.05) is 12.8 Å². The first-order valence-corrected chi connectivity index (χ1v) is 7.86. The molecule has 1 aromatic rings. The van der Waals surface area contributed by atoms with E-state index in [1.54, 1.807) is 12.3 Å². The van der Waals surface area contributed by atoms with Crippen molar-refractivity contribution in [1.29, 1.82) is 0 Å². The average Bonchev–Trinajstić information content (AvgIpc) is 2.46. The number of amides is 1. The minimum absolute atomic E-state index is 0.112. The van der Waals surface area contributed by atoms with Crippen LogP contribution < -0.4 is 16.6 Å². The lowest BCUT2D eigenvalue weighted by Crippen LogP contribution is -2.26. The number of carbonyl (C=O) groups is 1. The van der Waals surface area contributed by atoms with Gasteiger partial charge in [0, 0.05) is 12.7 Å². The molecule has 1 rings (SSSR count). The number of nitrogens with zero attached hydrogens (tertiary/aromatic N) is 1. The molecule has 0 radical (unpaired) electrons. The second kappa shape index (κ2) is 9.63. The van der Waals surface area contributed by atoms with Gasteiger partial charge in [0.05, 0.1) is 17.4 Å². The molecule has 0 saturated carbocycles.